The molecular formula is C13H17F3N2S. The fourth-order valence-corrected chi connectivity index (χ4v) is 3.17. The van der Waals surface area contributed by atoms with E-state index in [9.17, 15) is 13.2 Å². The van der Waals surface area contributed by atoms with Crippen molar-refractivity contribution in [2.45, 2.75) is 36.7 Å². The summed E-state index contributed by atoms with van der Waals surface area (Å²) in [7, 11) is 0. The number of thioether (sulfide) groups is 1. The third-order valence-corrected chi connectivity index (χ3v) is 4.55. The van der Waals surface area contributed by atoms with Gasteiger partial charge in [0.25, 0.3) is 0 Å². The van der Waals surface area contributed by atoms with Crippen LogP contribution in [0.4, 0.5) is 24.5 Å². The molecule has 1 saturated carbocycles. The van der Waals surface area contributed by atoms with Crippen LogP contribution in [0.1, 0.15) is 24.8 Å². The maximum atomic E-state index is 12.5. The van der Waals surface area contributed by atoms with E-state index in [1.807, 2.05) is 11.8 Å². The highest BCUT2D eigenvalue weighted by molar-refractivity contribution is 7.99. The molecule has 2 atom stereocenters. The molecule has 1 aliphatic carbocycles. The summed E-state index contributed by atoms with van der Waals surface area (Å²) >= 11 is 1.84. The van der Waals surface area contributed by atoms with E-state index in [4.69, 9.17) is 5.73 Å². The Hall–Kier alpha value is -1.04. The van der Waals surface area contributed by atoms with Crippen molar-refractivity contribution in [2.75, 3.05) is 17.3 Å². The Kier molecular flexibility index (Phi) is 4.18. The summed E-state index contributed by atoms with van der Waals surface area (Å²) in [5, 5.41) is 3.88. The van der Waals surface area contributed by atoms with Gasteiger partial charge in [-0.3, -0.25) is 0 Å². The molecular weight excluding hydrogens is 273 g/mol. The van der Waals surface area contributed by atoms with Crippen molar-refractivity contribution in [3.8, 4) is 0 Å². The second kappa shape index (κ2) is 5.53. The Morgan fingerprint density at radius 1 is 1.32 bits per heavy atom. The molecule has 1 fully saturated rings. The van der Waals surface area contributed by atoms with Crippen molar-refractivity contribution < 1.29 is 13.2 Å². The van der Waals surface area contributed by atoms with E-state index in [2.05, 4.69) is 11.6 Å². The molecule has 1 aliphatic rings. The molecule has 0 bridgehead atoms. The zero-order valence-electron chi connectivity index (χ0n) is 10.6. The minimum Gasteiger partial charge on any atom is -0.397 e. The quantitative estimate of drug-likeness (QED) is 0.827. The zero-order chi connectivity index (χ0) is 14.0. The molecule has 1 aromatic carbocycles. The van der Waals surface area contributed by atoms with Crippen LogP contribution in [0.5, 0.6) is 0 Å². The molecule has 0 spiro atoms. The summed E-state index contributed by atoms with van der Waals surface area (Å²) in [5.41, 5.74) is 5.74. The van der Waals surface area contributed by atoms with Crippen LogP contribution in [0, 0.1) is 0 Å². The van der Waals surface area contributed by atoms with Crippen LogP contribution in [0.25, 0.3) is 0 Å². The molecule has 0 aromatic heterocycles. The summed E-state index contributed by atoms with van der Waals surface area (Å²) in [6.07, 6.45) is 0.941. The first-order chi connectivity index (χ1) is 8.90. The normalized spacial score (nSPS) is 23.6. The summed E-state index contributed by atoms with van der Waals surface area (Å²) in [6, 6.07) is 3.78. The molecule has 3 N–H and O–H groups in total. The van der Waals surface area contributed by atoms with Crippen LogP contribution >= 0.6 is 11.8 Å². The number of benzene rings is 1. The highest BCUT2D eigenvalue weighted by Gasteiger charge is 2.31. The molecule has 0 amide bonds. The zero-order valence-corrected chi connectivity index (χ0v) is 11.4. The highest BCUT2D eigenvalue weighted by atomic mass is 32.2. The maximum absolute atomic E-state index is 12.5. The van der Waals surface area contributed by atoms with Gasteiger partial charge >= 0.3 is 6.18 Å². The van der Waals surface area contributed by atoms with Gasteiger partial charge in [0.05, 0.1) is 16.9 Å². The van der Waals surface area contributed by atoms with Crippen molar-refractivity contribution in [2.24, 2.45) is 0 Å². The molecule has 0 aliphatic heterocycles. The lowest BCUT2D eigenvalue weighted by Crippen LogP contribution is -2.17. The number of nitrogen functional groups attached to an aromatic ring is 1. The predicted octanol–water partition coefficient (Wildman–Crippen LogP) is 3.98. The van der Waals surface area contributed by atoms with E-state index < -0.39 is 11.7 Å². The molecule has 2 nitrogen and oxygen atoms in total. The van der Waals surface area contributed by atoms with Gasteiger partial charge in [-0.05, 0) is 43.7 Å². The monoisotopic (exact) mass is 290 g/mol. The average molecular weight is 290 g/mol. The molecule has 0 saturated heterocycles. The van der Waals surface area contributed by atoms with E-state index in [-0.39, 0.29) is 5.69 Å². The average Bonchev–Trinajstić information content (AvgIpc) is 2.78. The Labute approximate surface area is 114 Å². The Balaban J connectivity index is 2.06. The largest absolute Gasteiger partial charge is 0.416 e. The van der Waals surface area contributed by atoms with Crippen molar-refractivity contribution >= 4 is 23.1 Å². The van der Waals surface area contributed by atoms with Gasteiger partial charge in [0.15, 0.2) is 0 Å². The lowest BCUT2D eigenvalue weighted by molar-refractivity contribution is -0.137. The van der Waals surface area contributed by atoms with Crippen molar-refractivity contribution in [3.05, 3.63) is 23.8 Å². The van der Waals surface area contributed by atoms with Crippen LogP contribution in [-0.2, 0) is 6.18 Å². The first kappa shape index (κ1) is 14.4. The third-order valence-electron chi connectivity index (χ3n) is 3.46. The standard InChI is InChI=1S/C13H17F3N2S/c1-19-10-4-3-9(7-10)18-12-5-2-8(6-11(12)17)13(14,15)16/h2,5-6,9-10,18H,3-4,7,17H2,1H3. The Morgan fingerprint density at radius 3 is 2.58 bits per heavy atom. The van der Waals surface area contributed by atoms with Crippen LogP contribution < -0.4 is 11.1 Å². The molecule has 2 unspecified atom stereocenters. The fraction of sp³-hybridized carbons (Fsp3) is 0.538. The van der Waals surface area contributed by atoms with Gasteiger partial charge in [0.1, 0.15) is 0 Å². The van der Waals surface area contributed by atoms with Gasteiger partial charge < -0.3 is 11.1 Å². The second-order valence-corrected chi connectivity index (χ2v) is 5.95. The van der Waals surface area contributed by atoms with Gasteiger partial charge in [-0.25, -0.2) is 0 Å². The summed E-state index contributed by atoms with van der Waals surface area (Å²) in [6.45, 7) is 0. The molecule has 0 radical (unpaired) electrons. The molecule has 0 heterocycles. The van der Waals surface area contributed by atoms with E-state index in [0.717, 1.165) is 31.4 Å². The van der Waals surface area contributed by atoms with Gasteiger partial charge in [0, 0.05) is 11.3 Å². The fourth-order valence-electron chi connectivity index (χ4n) is 2.38. The van der Waals surface area contributed by atoms with Crippen LogP contribution in [0.2, 0.25) is 0 Å². The lowest BCUT2D eigenvalue weighted by Gasteiger charge is -2.17. The number of hydrogen-bond acceptors (Lipinski definition) is 3. The molecule has 1 aromatic rings. The molecule has 2 rings (SSSR count). The van der Waals surface area contributed by atoms with Crippen LogP contribution in [-0.4, -0.2) is 17.5 Å². The van der Waals surface area contributed by atoms with E-state index in [1.165, 1.54) is 6.07 Å². The minimum atomic E-state index is -4.34. The van der Waals surface area contributed by atoms with E-state index in [1.54, 1.807) is 0 Å². The topological polar surface area (TPSA) is 38.0 Å². The van der Waals surface area contributed by atoms with Crippen LogP contribution in [0.3, 0.4) is 0 Å². The highest BCUT2D eigenvalue weighted by Crippen LogP contribution is 2.35. The summed E-state index contributed by atoms with van der Waals surface area (Å²) in [5.74, 6) is 0. The van der Waals surface area contributed by atoms with Crippen LogP contribution in [0.15, 0.2) is 18.2 Å². The number of anilines is 2. The summed E-state index contributed by atoms with van der Waals surface area (Å²) < 4.78 is 37.6. The number of nitrogens with one attached hydrogen (secondary N) is 1. The number of nitrogens with two attached hydrogens (primary N) is 1. The van der Waals surface area contributed by atoms with Gasteiger partial charge in [-0.1, -0.05) is 0 Å². The number of rotatable bonds is 3. The number of alkyl halides is 3. The van der Waals surface area contributed by atoms with Crippen molar-refractivity contribution in [3.63, 3.8) is 0 Å². The van der Waals surface area contributed by atoms with E-state index in [0.29, 0.717) is 17.0 Å². The number of halogens is 3. The van der Waals surface area contributed by atoms with Gasteiger partial charge in [-0.15, -0.1) is 0 Å². The summed E-state index contributed by atoms with van der Waals surface area (Å²) in [4.78, 5) is 0. The first-order valence-corrected chi connectivity index (χ1v) is 7.45. The lowest BCUT2D eigenvalue weighted by atomic mass is 10.1. The minimum absolute atomic E-state index is 0.155. The van der Waals surface area contributed by atoms with Crippen molar-refractivity contribution in [1.82, 2.24) is 0 Å². The van der Waals surface area contributed by atoms with Gasteiger partial charge in [-0.2, -0.15) is 24.9 Å². The molecule has 6 heteroatoms. The Bertz CT molecular complexity index is 448. The molecule has 19 heavy (non-hydrogen) atoms. The predicted molar refractivity (Wildman–Crippen MR) is 74.4 cm³/mol. The second-order valence-electron chi connectivity index (χ2n) is 4.81. The SMILES string of the molecule is CSC1CCC(Nc2ccc(C(F)(F)F)cc2N)C1. The van der Waals surface area contributed by atoms with E-state index >= 15 is 0 Å². The third kappa shape index (κ3) is 3.49. The first-order valence-electron chi connectivity index (χ1n) is 6.16. The smallest absolute Gasteiger partial charge is 0.397 e. The van der Waals surface area contributed by atoms with Gasteiger partial charge in [0.2, 0.25) is 0 Å². The maximum Gasteiger partial charge on any atom is 0.416 e. The Morgan fingerprint density at radius 2 is 2.05 bits per heavy atom. The number of hydrogen-bond donors (Lipinski definition) is 2. The molecule has 106 valence electrons. The van der Waals surface area contributed by atoms with Crippen molar-refractivity contribution in [1.29, 1.82) is 0 Å².